The fourth-order valence-corrected chi connectivity index (χ4v) is 2.32. The maximum Gasteiger partial charge on any atom is 0.263 e. The minimum absolute atomic E-state index is 0.0223. The number of amides is 1. The Bertz CT molecular complexity index is 547. The van der Waals surface area contributed by atoms with Gasteiger partial charge in [-0.2, -0.15) is 0 Å². The lowest BCUT2D eigenvalue weighted by molar-refractivity contribution is -0.142. The van der Waals surface area contributed by atoms with Gasteiger partial charge < -0.3 is 20.1 Å². The number of ether oxygens (including phenoxy) is 2. The first-order valence-corrected chi connectivity index (χ1v) is 7.03. The molecule has 1 aliphatic heterocycles. The molecule has 7 heteroatoms. The summed E-state index contributed by atoms with van der Waals surface area (Å²) in [5, 5.41) is 0. The molecule has 2 N–H and O–H groups in total. The summed E-state index contributed by atoms with van der Waals surface area (Å²) < 4.78 is 24.5. The zero-order valence-corrected chi connectivity index (χ0v) is 12.5. The molecule has 1 aromatic rings. The van der Waals surface area contributed by atoms with Gasteiger partial charge in [0, 0.05) is 13.1 Å². The zero-order valence-electron chi connectivity index (χ0n) is 11.7. The maximum atomic E-state index is 13.7. The van der Waals surface area contributed by atoms with Crippen molar-refractivity contribution in [3.8, 4) is 5.75 Å². The van der Waals surface area contributed by atoms with Gasteiger partial charge in [-0.3, -0.25) is 4.79 Å². The van der Waals surface area contributed by atoms with E-state index in [-0.39, 0.29) is 22.2 Å². The second kappa shape index (κ2) is 6.82. The van der Waals surface area contributed by atoms with Crippen molar-refractivity contribution in [2.75, 3.05) is 26.3 Å². The number of rotatable bonds is 4. The second-order valence-electron chi connectivity index (χ2n) is 4.67. The van der Waals surface area contributed by atoms with Gasteiger partial charge in [0.05, 0.1) is 18.8 Å². The molecule has 0 spiro atoms. The molecule has 1 fully saturated rings. The van der Waals surface area contributed by atoms with Crippen molar-refractivity contribution >= 4 is 23.1 Å². The average molecular weight is 312 g/mol. The highest BCUT2D eigenvalue weighted by Crippen LogP contribution is 2.23. The highest BCUT2D eigenvalue weighted by Gasteiger charge is 2.25. The van der Waals surface area contributed by atoms with Crippen LogP contribution in [0.1, 0.15) is 12.5 Å². The van der Waals surface area contributed by atoms with Gasteiger partial charge in [-0.05, 0) is 19.1 Å². The van der Waals surface area contributed by atoms with Gasteiger partial charge in [0.25, 0.3) is 5.91 Å². The van der Waals surface area contributed by atoms with Crippen molar-refractivity contribution in [2.24, 2.45) is 5.73 Å². The van der Waals surface area contributed by atoms with Crippen molar-refractivity contribution in [1.82, 2.24) is 4.90 Å². The molecule has 0 bridgehead atoms. The fraction of sp³-hybridized carbons (Fsp3) is 0.429. The Kier molecular flexibility index (Phi) is 5.08. The monoisotopic (exact) mass is 312 g/mol. The first kappa shape index (κ1) is 15.7. The molecule has 1 heterocycles. The topological polar surface area (TPSA) is 64.8 Å². The van der Waals surface area contributed by atoms with E-state index >= 15 is 0 Å². The van der Waals surface area contributed by atoms with Gasteiger partial charge >= 0.3 is 0 Å². The van der Waals surface area contributed by atoms with Crippen LogP contribution in [0.5, 0.6) is 5.75 Å². The highest BCUT2D eigenvalue weighted by atomic mass is 32.1. The summed E-state index contributed by atoms with van der Waals surface area (Å²) in [6, 6.07) is 4.27. The van der Waals surface area contributed by atoms with Crippen molar-refractivity contribution in [2.45, 2.75) is 13.0 Å². The molecule has 1 amide bonds. The van der Waals surface area contributed by atoms with E-state index < -0.39 is 11.9 Å². The van der Waals surface area contributed by atoms with Gasteiger partial charge in [-0.25, -0.2) is 4.39 Å². The molecule has 1 saturated heterocycles. The average Bonchev–Trinajstić information content (AvgIpc) is 2.47. The number of carbonyl (C=O) groups is 1. The van der Waals surface area contributed by atoms with Gasteiger partial charge in [0.15, 0.2) is 6.10 Å². The number of hydrogen-bond acceptors (Lipinski definition) is 4. The quantitative estimate of drug-likeness (QED) is 0.843. The molecular formula is C14H17FN2O3S. The van der Waals surface area contributed by atoms with E-state index in [4.69, 9.17) is 27.4 Å². The van der Waals surface area contributed by atoms with Gasteiger partial charge in [-0.15, -0.1) is 0 Å². The number of morpholine rings is 1. The Morgan fingerprint density at radius 1 is 1.48 bits per heavy atom. The number of carbonyl (C=O) groups excluding carboxylic acids is 1. The summed E-state index contributed by atoms with van der Waals surface area (Å²) in [5.74, 6) is -0.556. The first-order chi connectivity index (χ1) is 10.0. The summed E-state index contributed by atoms with van der Waals surface area (Å²) in [5.41, 5.74) is 5.53. The third-order valence-electron chi connectivity index (χ3n) is 3.20. The Hall–Kier alpha value is -1.73. The summed E-state index contributed by atoms with van der Waals surface area (Å²) in [6.45, 7) is 3.69. The molecule has 1 aliphatic rings. The summed E-state index contributed by atoms with van der Waals surface area (Å²) >= 11 is 4.83. The molecule has 1 aromatic carbocycles. The summed E-state index contributed by atoms with van der Waals surface area (Å²) in [6.07, 6.45) is -0.752. The van der Waals surface area contributed by atoms with Crippen molar-refractivity contribution in [1.29, 1.82) is 0 Å². The number of nitrogens with two attached hydrogens (primary N) is 1. The smallest absolute Gasteiger partial charge is 0.263 e. The zero-order chi connectivity index (χ0) is 15.4. The minimum atomic E-state index is -0.752. The van der Waals surface area contributed by atoms with Crippen molar-refractivity contribution in [3.63, 3.8) is 0 Å². The van der Waals surface area contributed by atoms with Crippen LogP contribution in [0.3, 0.4) is 0 Å². The maximum absolute atomic E-state index is 13.7. The lowest BCUT2D eigenvalue weighted by atomic mass is 10.2. The molecule has 0 saturated carbocycles. The van der Waals surface area contributed by atoms with Crippen molar-refractivity contribution < 1.29 is 18.7 Å². The van der Waals surface area contributed by atoms with Crippen LogP contribution in [-0.2, 0) is 9.53 Å². The van der Waals surface area contributed by atoms with E-state index in [9.17, 15) is 9.18 Å². The van der Waals surface area contributed by atoms with Gasteiger partial charge in [-0.1, -0.05) is 18.3 Å². The molecule has 0 radical (unpaired) electrons. The minimum Gasteiger partial charge on any atom is -0.480 e. The Balaban J connectivity index is 2.12. The standard InChI is InChI=1S/C14H17FN2O3S/c1-9(14(18)17-5-7-19-8-6-17)20-11-4-2-3-10(15)12(11)13(16)21/h2-4,9H,5-8H2,1H3,(H2,16,21). The number of halogens is 1. The van der Waals surface area contributed by atoms with Crippen LogP contribution in [0.15, 0.2) is 18.2 Å². The number of hydrogen-bond donors (Lipinski definition) is 1. The molecule has 0 aliphatic carbocycles. The molecule has 0 aromatic heterocycles. The third kappa shape index (κ3) is 3.68. The SMILES string of the molecule is CC(Oc1cccc(F)c1C(N)=S)C(=O)N1CCOCC1. The van der Waals surface area contributed by atoms with Crippen LogP contribution in [0, 0.1) is 5.82 Å². The largest absolute Gasteiger partial charge is 0.480 e. The van der Waals surface area contributed by atoms with Crippen LogP contribution < -0.4 is 10.5 Å². The molecule has 1 atom stereocenters. The number of nitrogens with zero attached hydrogens (tertiary/aromatic N) is 1. The van der Waals surface area contributed by atoms with Crippen molar-refractivity contribution in [3.05, 3.63) is 29.6 Å². The Morgan fingerprint density at radius 2 is 2.14 bits per heavy atom. The number of benzene rings is 1. The van der Waals surface area contributed by atoms with Gasteiger partial charge in [0.2, 0.25) is 0 Å². The van der Waals surface area contributed by atoms with E-state index in [0.717, 1.165) is 0 Å². The highest BCUT2D eigenvalue weighted by molar-refractivity contribution is 7.80. The summed E-state index contributed by atoms with van der Waals surface area (Å²) in [7, 11) is 0. The van der Waals surface area contributed by atoms with Crippen LogP contribution in [0.4, 0.5) is 4.39 Å². The van der Waals surface area contributed by atoms with E-state index in [0.29, 0.717) is 26.3 Å². The lowest BCUT2D eigenvalue weighted by Gasteiger charge is -2.29. The molecule has 114 valence electrons. The van der Waals surface area contributed by atoms with Crippen LogP contribution in [0.2, 0.25) is 0 Å². The second-order valence-corrected chi connectivity index (χ2v) is 5.11. The first-order valence-electron chi connectivity index (χ1n) is 6.62. The lowest BCUT2D eigenvalue weighted by Crippen LogP contribution is -2.46. The predicted molar refractivity (Wildman–Crippen MR) is 79.8 cm³/mol. The fourth-order valence-electron chi connectivity index (χ4n) is 2.12. The third-order valence-corrected chi connectivity index (χ3v) is 3.40. The van der Waals surface area contributed by atoms with E-state index in [1.807, 2.05) is 0 Å². The Morgan fingerprint density at radius 3 is 2.76 bits per heavy atom. The molecule has 2 rings (SSSR count). The van der Waals surface area contributed by atoms with Crippen LogP contribution >= 0.6 is 12.2 Å². The molecule has 1 unspecified atom stereocenters. The van der Waals surface area contributed by atoms with Crippen LogP contribution in [-0.4, -0.2) is 48.2 Å². The van der Waals surface area contributed by atoms with Gasteiger partial charge in [0.1, 0.15) is 16.6 Å². The molecular weight excluding hydrogens is 295 g/mol. The van der Waals surface area contributed by atoms with E-state index in [2.05, 4.69) is 0 Å². The molecule has 21 heavy (non-hydrogen) atoms. The normalized spacial score (nSPS) is 16.4. The van der Waals surface area contributed by atoms with E-state index in [1.165, 1.54) is 12.1 Å². The molecule has 5 nitrogen and oxygen atoms in total. The number of thiocarbonyl (C=S) groups is 1. The summed E-state index contributed by atoms with van der Waals surface area (Å²) in [4.78, 5) is 13.8. The van der Waals surface area contributed by atoms with E-state index in [1.54, 1.807) is 17.9 Å². The van der Waals surface area contributed by atoms with Crippen LogP contribution in [0.25, 0.3) is 0 Å². The Labute approximate surface area is 127 Å². The predicted octanol–water partition coefficient (Wildman–Crippen LogP) is 1.09.